The lowest BCUT2D eigenvalue weighted by Crippen LogP contribution is -2.49. The zero-order valence-corrected chi connectivity index (χ0v) is 18.9. The molecule has 0 spiro atoms. The molecule has 2 heterocycles. The van der Waals surface area contributed by atoms with Crippen LogP contribution >= 0.6 is 0 Å². The van der Waals surface area contributed by atoms with Crippen LogP contribution in [-0.4, -0.2) is 40.4 Å². The molecule has 0 saturated carbocycles. The summed E-state index contributed by atoms with van der Waals surface area (Å²) in [7, 11) is 0. The lowest BCUT2D eigenvalue weighted by atomic mass is 10.1. The largest absolute Gasteiger partial charge is 0.444 e. The maximum absolute atomic E-state index is 12.3. The van der Waals surface area contributed by atoms with Crippen molar-refractivity contribution in [3.63, 3.8) is 0 Å². The third-order valence-corrected chi connectivity index (χ3v) is 5.52. The zero-order valence-electron chi connectivity index (χ0n) is 18.9. The van der Waals surface area contributed by atoms with Gasteiger partial charge in [0, 0.05) is 19.1 Å². The molecule has 0 bridgehead atoms. The molecule has 1 unspecified atom stereocenters. The summed E-state index contributed by atoms with van der Waals surface area (Å²) in [6.45, 7) is 10.2. The van der Waals surface area contributed by atoms with Gasteiger partial charge in [-0.3, -0.25) is 0 Å². The molecule has 164 valence electrons. The zero-order chi connectivity index (χ0) is 22.0. The van der Waals surface area contributed by atoms with E-state index in [0.29, 0.717) is 0 Å². The van der Waals surface area contributed by atoms with Crippen LogP contribution in [0.4, 0.5) is 10.7 Å². The molecule has 1 saturated heterocycles. The fourth-order valence-corrected chi connectivity index (χ4v) is 4.09. The Morgan fingerprint density at radius 3 is 2.65 bits per heavy atom. The molecule has 3 aromatic rings. The molecular formula is C25H32N4O2. The number of para-hydroxylation sites is 2. The van der Waals surface area contributed by atoms with Gasteiger partial charge in [0.15, 0.2) is 0 Å². The third kappa shape index (κ3) is 5.19. The van der Waals surface area contributed by atoms with Crippen molar-refractivity contribution in [3.8, 4) is 0 Å². The summed E-state index contributed by atoms with van der Waals surface area (Å²) < 4.78 is 7.74. The number of fused-ring (bicyclic) bond motifs is 1. The molecule has 1 aliphatic heterocycles. The number of nitrogens with zero attached hydrogens (tertiary/aromatic N) is 3. The highest BCUT2D eigenvalue weighted by atomic mass is 16.6. The average Bonchev–Trinajstić information content (AvgIpc) is 3.07. The van der Waals surface area contributed by atoms with E-state index in [1.807, 2.05) is 26.8 Å². The van der Waals surface area contributed by atoms with Crippen LogP contribution in [0.1, 0.15) is 44.7 Å². The van der Waals surface area contributed by atoms with Crippen molar-refractivity contribution < 1.29 is 9.53 Å². The van der Waals surface area contributed by atoms with Crippen molar-refractivity contribution in [2.24, 2.45) is 0 Å². The predicted octanol–water partition coefficient (Wildman–Crippen LogP) is 4.89. The van der Waals surface area contributed by atoms with Gasteiger partial charge in [0.2, 0.25) is 5.95 Å². The van der Waals surface area contributed by atoms with Crippen molar-refractivity contribution in [3.05, 3.63) is 59.7 Å². The van der Waals surface area contributed by atoms with Gasteiger partial charge in [-0.1, -0.05) is 42.0 Å². The van der Waals surface area contributed by atoms with Crippen molar-refractivity contribution in [1.29, 1.82) is 0 Å². The lowest BCUT2D eigenvalue weighted by molar-refractivity contribution is 0.0500. The number of alkyl carbamates (subject to hydrolysis) is 1. The van der Waals surface area contributed by atoms with Gasteiger partial charge in [0.05, 0.1) is 17.6 Å². The Kier molecular flexibility index (Phi) is 5.90. The summed E-state index contributed by atoms with van der Waals surface area (Å²) >= 11 is 0. The van der Waals surface area contributed by atoms with Crippen LogP contribution in [0.2, 0.25) is 0 Å². The number of amides is 1. The summed E-state index contributed by atoms with van der Waals surface area (Å²) in [5.41, 5.74) is 4.12. The van der Waals surface area contributed by atoms with E-state index in [0.717, 1.165) is 49.5 Å². The second-order valence-corrected chi connectivity index (χ2v) is 9.40. The number of aryl methyl sites for hydroxylation is 1. The number of anilines is 1. The topological polar surface area (TPSA) is 59.4 Å². The average molecular weight is 421 g/mol. The number of carbonyl (C=O) groups is 1. The van der Waals surface area contributed by atoms with Crippen LogP contribution in [0.25, 0.3) is 11.0 Å². The maximum Gasteiger partial charge on any atom is 0.407 e. The van der Waals surface area contributed by atoms with Crippen LogP contribution in [0, 0.1) is 6.92 Å². The number of piperidine rings is 1. The summed E-state index contributed by atoms with van der Waals surface area (Å²) in [6.07, 6.45) is 1.58. The number of benzene rings is 2. The SMILES string of the molecule is Cc1ccc(Cn2c(N3CCCC(NC(=O)OC(C)(C)C)C3)nc3ccccc32)cc1. The summed E-state index contributed by atoms with van der Waals surface area (Å²) in [5.74, 6) is 0.956. The van der Waals surface area contributed by atoms with E-state index in [1.165, 1.54) is 11.1 Å². The minimum Gasteiger partial charge on any atom is -0.444 e. The van der Waals surface area contributed by atoms with Crippen LogP contribution in [-0.2, 0) is 11.3 Å². The van der Waals surface area contributed by atoms with Gasteiger partial charge >= 0.3 is 6.09 Å². The quantitative estimate of drug-likeness (QED) is 0.653. The minimum atomic E-state index is -0.500. The van der Waals surface area contributed by atoms with E-state index in [2.05, 4.69) is 64.2 Å². The lowest BCUT2D eigenvalue weighted by Gasteiger charge is -2.34. The molecule has 1 N–H and O–H groups in total. The molecule has 0 radical (unpaired) electrons. The van der Waals surface area contributed by atoms with E-state index >= 15 is 0 Å². The number of hydrogen-bond donors (Lipinski definition) is 1. The van der Waals surface area contributed by atoms with Gasteiger partial charge in [-0.25, -0.2) is 9.78 Å². The summed E-state index contributed by atoms with van der Waals surface area (Å²) in [4.78, 5) is 19.5. The van der Waals surface area contributed by atoms with Crippen LogP contribution < -0.4 is 10.2 Å². The van der Waals surface area contributed by atoms with Gasteiger partial charge in [0.1, 0.15) is 5.60 Å². The molecule has 31 heavy (non-hydrogen) atoms. The fraction of sp³-hybridized carbons (Fsp3) is 0.440. The smallest absolute Gasteiger partial charge is 0.407 e. The van der Waals surface area contributed by atoms with Crippen molar-refractivity contribution in [1.82, 2.24) is 14.9 Å². The summed E-state index contributed by atoms with van der Waals surface area (Å²) in [5, 5.41) is 3.04. The normalized spacial score (nSPS) is 17.0. The molecule has 1 aromatic heterocycles. The molecule has 6 heteroatoms. The van der Waals surface area contributed by atoms with Gasteiger partial charge in [-0.05, 0) is 58.2 Å². The van der Waals surface area contributed by atoms with E-state index in [4.69, 9.17) is 9.72 Å². The second-order valence-electron chi connectivity index (χ2n) is 9.40. The monoisotopic (exact) mass is 420 g/mol. The maximum atomic E-state index is 12.3. The van der Waals surface area contributed by atoms with Crippen LogP contribution in [0.15, 0.2) is 48.5 Å². The highest BCUT2D eigenvalue weighted by Gasteiger charge is 2.27. The highest BCUT2D eigenvalue weighted by Crippen LogP contribution is 2.26. The number of nitrogens with one attached hydrogen (secondary N) is 1. The second kappa shape index (κ2) is 8.61. The van der Waals surface area contributed by atoms with Crippen molar-refractivity contribution >= 4 is 23.1 Å². The first-order valence-electron chi connectivity index (χ1n) is 11.0. The third-order valence-electron chi connectivity index (χ3n) is 5.52. The van der Waals surface area contributed by atoms with E-state index in [-0.39, 0.29) is 12.1 Å². The van der Waals surface area contributed by atoms with Gasteiger partial charge in [-0.2, -0.15) is 0 Å². The molecule has 0 aliphatic carbocycles. The Morgan fingerprint density at radius 2 is 1.90 bits per heavy atom. The molecule has 4 rings (SSSR count). The Bertz CT molecular complexity index is 1050. The van der Waals surface area contributed by atoms with E-state index in [9.17, 15) is 4.79 Å². The van der Waals surface area contributed by atoms with Gasteiger partial charge in [0.25, 0.3) is 0 Å². The number of imidazole rings is 1. The first-order chi connectivity index (χ1) is 14.8. The van der Waals surface area contributed by atoms with E-state index in [1.54, 1.807) is 0 Å². The number of ether oxygens (including phenoxy) is 1. The molecule has 1 aliphatic rings. The molecule has 1 fully saturated rings. The van der Waals surface area contributed by atoms with Crippen molar-refractivity contribution in [2.45, 2.75) is 58.7 Å². The molecule has 6 nitrogen and oxygen atoms in total. The molecule has 1 atom stereocenters. The number of aromatic nitrogens is 2. The Balaban J connectivity index is 1.58. The van der Waals surface area contributed by atoms with Crippen LogP contribution in [0.3, 0.4) is 0 Å². The fourth-order valence-electron chi connectivity index (χ4n) is 4.09. The number of rotatable bonds is 4. The Morgan fingerprint density at radius 1 is 1.16 bits per heavy atom. The predicted molar refractivity (Wildman–Crippen MR) is 125 cm³/mol. The van der Waals surface area contributed by atoms with Gasteiger partial charge < -0.3 is 19.5 Å². The number of hydrogen-bond acceptors (Lipinski definition) is 4. The Hall–Kier alpha value is -3.02. The Labute approximate surface area is 184 Å². The first-order valence-corrected chi connectivity index (χ1v) is 11.0. The first kappa shape index (κ1) is 21.2. The minimum absolute atomic E-state index is 0.0382. The van der Waals surface area contributed by atoms with Crippen LogP contribution in [0.5, 0.6) is 0 Å². The highest BCUT2D eigenvalue weighted by molar-refractivity contribution is 5.79. The summed E-state index contributed by atoms with van der Waals surface area (Å²) in [6, 6.07) is 17.0. The molecule has 2 aromatic carbocycles. The van der Waals surface area contributed by atoms with Gasteiger partial charge in [-0.15, -0.1) is 0 Å². The standard InChI is InChI=1S/C25H32N4O2/c1-18-11-13-19(14-12-18)16-29-22-10-6-5-9-21(22)27-23(29)28-15-7-8-20(17-28)26-24(30)31-25(2,3)4/h5-6,9-14,20H,7-8,15-17H2,1-4H3,(H,26,30). The van der Waals surface area contributed by atoms with E-state index < -0.39 is 5.60 Å². The number of carbonyl (C=O) groups excluding carboxylic acids is 1. The van der Waals surface area contributed by atoms with Crippen molar-refractivity contribution in [2.75, 3.05) is 18.0 Å². The molecule has 1 amide bonds. The molecular weight excluding hydrogens is 388 g/mol.